The fourth-order valence-corrected chi connectivity index (χ4v) is 1.78. The van der Waals surface area contributed by atoms with Crippen LogP contribution < -0.4 is 0 Å². The Bertz CT molecular complexity index is 251. The number of ether oxygens (including phenoxy) is 1. The van der Waals surface area contributed by atoms with Crippen LogP contribution >= 0.6 is 0 Å². The Labute approximate surface area is 93.0 Å². The Morgan fingerprint density at radius 3 is 2.67 bits per heavy atom. The van der Waals surface area contributed by atoms with Gasteiger partial charge in [-0.1, -0.05) is 32.6 Å². The Kier molecular flexibility index (Phi) is 4.63. The maximum absolute atomic E-state index is 9.81. The number of hydrogen-bond donors (Lipinski definition) is 1. The minimum absolute atomic E-state index is 0.192. The zero-order valence-electron chi connectivity index (χ0n) is 10.0. The molecule has 0 aromatic carbocycles. The Morgan fingerprint density at radius 2 is 2.13 bits per heavy atom. The number of aliphatic hydroxyl groups is 1. The molecule has 0 unspecified atom stereocenters. The quantitative estimate of drug-likeness (QED) is 0.429. The predicted octanol–water partition coefficient (Wildman–Crippen LogP) is 2.50. The van der Waals surface area contributed by atoms with E-state index in [0.717, 1.165) is 19.3 Å². The Morgan fingerprint density at radius 1 is 1.40 bits per heavy atom. The fourth-order valence-electron chi connectivity index (χ4n) is 1.78. The van der Waals surface area contributed by atoms with Crippen molar-refractivity contribution in [2.24, 2.45) is 0 Å². The lowest BCUT2D eigenvalue weighted by molar-refractivity contribution is 0.131. The number of unbranched alkanes of at least 4 members (excludes halogenated alkanes) is 3. The third kappa shape index (κ3) is 3.22. The smallest absolute Gasteiger partial charge is 0.145 e. The summed E-state index contributed by atoms with van der Waals surface area (Å²) in [5.74, 6) is 5.92. The fraction of sp³-hybridized carbons (Fsp3) is 0.846. The molecule has 0 aliphatic carbocycles. The van der Waals surface area contributed by atoms with Crippen LogP contribution in [0.3, 0.4) is 0 Å². The summed E-state index contributed by atoms with van der Waals surface area (Å²) >= 11 is 0. The summed E-state index contributed by atoms with van der Waals surface area (Å²) in [6, 6.07) is 0. The Balaban J connectivity index is 2.26. The predicted molar refractivity (Wildman–Crippen MR) is 61.5 cm³/mol. The average molecular weight is 210 g/mol. The van der Waals surface area contributed by atoms with E-state index >= 15 is 0 Å². The minimum atomic E-state index is -0.621. The van der Waals surface area contributed by atoms with Gasteiger partial charge in [0.05, 0.1) is 6.10 Å². The molecule has 0 amide bonds. The van der Waals surface area contributed by atoms with Crippen molar-refractivity contribution >= 4 is 0 Å². The highest BCUT2D eigenvalue weighted by Gasteiger charge is 2.55. The lowest BCUT2D eigenvalue weighted by atomic mass is 9.99. The van der Waals surface area contributed by atoms with Gasteiger partial charge in [0.2, 0.25) is 0 Å². The summed E-state index contributed by atoms with van der Waals surface area (Å²) < 4.78 is 5.44. The van der Waals surface area contributed by atoms with Crippen molar-refractivity contribution < 1.29 is 9.84 Å². The first-order valence-corrected chi connectivity index (χ1v) is 5.99. The van der Waals surface area contributed by atoms with E-state index in [0.29, 0.717) is 0 Å². The monoisotopic (exact) mass is 210 g/mol. The van der Waals surface area contributed by atoms with Crippen LogP contribution in [0.5, 0.6) is 0 Å². The first-order valence-electron chi connectivity index (χ1n) is 5.99. The van der Waals surface area contributed by atoms with E-state index in [1.807, 2.05) is 6.92 Å². The summed E-state index contributed by atoms with van der Waals surface area (Å²) in [5.41, 5.74) is -0.396. The molecule has 2 nitrogen and oxygen atoms in total. The summed E-state index contributed by atoms with van der Waals surface area (Å²) in [5, 5.41) is 9.81. The second-order valence-electron chi connectivity index (χ2n) is 4.38. The van der Waals surface area contributed by atoms with Crippen molar-refractivity contribution in [2.75, 3.05) is 0 Å². The minimum Gasteiger partial charge on any atom is -0.377 e. The molecule has 2 heteroatoms. The molecule has 0 aromatic heterocycles. The molecule has 3 atom stereocenters. The van der Waals surface area contributed by atoms with E-state index < -0.39 is 11.7 Å². The van der Waals surface area contributed by atoms with Gasteiger partial charge in [-0.05, 0) is 19.8 Å². The Hall–Kier alpha value is -0.520. The largest absolute Gasteiger partial charge is 0.377 e. The van der Waals surface area contributed by atoms with Gasteiger partial charge in [-0.2, -0.15) is 0 Å². The average Bonchev–Trinajstić information content (AvgIpc) is 2.91. The van der Waals surface area contributed by atoms with Crippen LogP contribution in [0, 0.1) is 11.8 Å². The first-order chi connectivity index (χ1) is 7.15. The van der Waals surface area contributed by atoms with Crippen molar-refractivity contribution in [2.45, 2.75) is 70.7 Å². The third-order valence-corrected chi connectivity index (χ3v) is 3.04. The van der Waals surface area contributed by atoms with Crippen LogP contribution in [0.2, 0.25) is 0 Å². The van der Waals surface area contributed by atoms with Gasteiger partial charge in [-0.25, -0.2) is 0 Å². The summed E-state index contributed by atoms with van der Waals surface area (Å²) in [6.45, 7) is 6.18. The van der Waals surface area contributed by atoms with Crippen molar-refractivity contribution in [3.8, 4) is 11.8 Å². The van der Waals surface area contributed by atoms with E-state index in [4.69, 9.17) is 4.74 Å². The van der Waals surface area contributed by atoms with Gasteiger partial charge in [0, 0.05) is 6.42 Å². The van der Waals surface area contributed by atoms with Gasteiger partial charge in [0.1, 0.15) is 11.7 Å². The molecule has 1 heterocycles. The second kappa shape index (κ2) is 5.53. The van der Waals surface area contributed by atoms with E-state index in [1.165, 1.54) is 12.8 Å². The number of hydrogen-bond acceptors (Lipinski definition) is 2. The molecule has 0 radical (unpaired) electrons. The zero-order chi connectivity index (χ0) is 11.3. The molecule has 1 aliphatic heterocycles. The zero-order valence-corrected chi connectivity index (χ0v) is 10.0. The molecular formula is C13H22O2. The standard InChI is InChI=1S/C13H22O2/c1-4-6-7-8-9-10-11(14)13(3)12(5-2)15-13/h11-12,14H,4-8H2,1-3H3/t11-,12-,13-/m0/s1. The molecule has 0 bridgehead atoms. The third-order valence-electron chi connectivity index (χ3n) is 3.04. The van der Waals surface area contributed by atoms with Crippen molar-refractivity contribution in [1.29, 1.82) is 0 Å². The van der Waals surface area contributed by atoms with Crippen molar-refractivity contribution in [1.82, 2.24) is 0 Å². The van der Waals surface area contributed by atoms with Crippen LogP contribution in [0.1, 0.15) is 52.9 Å². The van der Waals surface area contributed by atoms with Crippen LogP contribution in [0.4, 0.5) is 0 Å². The first kappa shape index (κ1) is 12.5. The van der Waals surface area contributed by atoms with Crippen molar-refractivity contribution in [3.05, 3.63) is 0 Å². The normalized spacial score (nSPS) is 30.5. The van der Waals surface area contributed by atoms with Crippen LogP contribution in [-0.2, 0) is 4.74 Å². The molecule has 1 fully saturated rings. The van der Waals surface area contributed by atoms with E-state index in [1.54, 1.807) is 0 Å². The molecule has 0 saturated carbocycles. The molecule has 1 N–H and O–H groups in total. The molecule has 15 heavy (non-hydrogen) atoms. The molecule has 1 rings (SSSR count). The number of aliphatic hydroxyl groups excluding tert-OH is 1. The van der Waals surface area contributed by atoms with E-state index in [2.05, 4.69) is 25.7 Å². The van der Waals surface area contributed by atoms with Gasteiger partial charge in [-0.15, -0.1) is 5.92 Å². The van der Waals surface area contributed by atoms with Gasteiger partial charge in [0.15, 0.2) is 0 Å². The summed E-state index contributed by atoms with van der Waals surface area (Å²) in [7, 11) is 0. The summed E-state index contributed by atoms with van der Waals surface area (Å²) in [6.07, 6.45) is 4.97. The number of rotatable bonds is 5. The van der Waals surface area contributed by atoms with Gasteiger partial charge < -0.3 is 9.84 Å². The van der Waals surface area contributed by atoms with Crippen LogP contribution in [-0.4, -0.2) is 22.9 Å². The van der Waals surface area contributed by atoms with Gasteiger partial charge in [0.25, 0.3) is 0 Å². The van der Waals surface area contributed by atoms with E-state index in [-0.39, 0.29) is 6.10 Å². The van der Waals surface area contributed by atoms with Crippen molar-refractivity contribution in [3.63, 3.8) is 0 Å². The molecular weight excluding hydrogens is 188 g/mol. The maximum Gasteiger partial charge on any atom is 0.145 e. The van der Waals surface area contributed by atoms with Gasteiger partial charge in [-0.3, -0.25) is 0 Å². The van der Waals surface area contributed by atoms with Gasteiger partial charge >= 0.3 is 0 Å². The maximum atomic E-state index is 9.81. The lowest BCUT2D eigenvalue weighted by Crippen LogP contribution is -2.27. The topological polar surface area (TPSA) is 32.8 Å². The SMILES string of the molecule is CCCCCC#C[C@H](O)[C@]1(C)O[C@H]1CC. The van der Waals surface area contributed by atoms with Crippen LogP contribution in [0.25, 0.3) is 0 Å². The number of epoxide rings is 1. The second-order valence-corrected chi connectivity index (χ2v) is 4.38. The highest BCUT2D eigenvalue weighted by molar-refractivity contribution is 5.17. The molecule has 0 spiro atoms. The summed E-state index contributed by atoms with van der Waals surface area (Å²) in [4.78, 5) is 0. The molecule has 1 saturated heterocycles. The molecule has 86 valence electrons. The highest BCUT2D eigenvalue weighted by Crippen LogP contribution is 2.41. The molecule has 0 aromatic rings. The van der Waals surface area contributed by atoms with E-state index in [9.17, 15) is 5.11 Å². The molecule has 1 aliphatic rings. The lowest BCUT2D eigenvalue weighted by Gasteiger charge is -2.07. The highest BCUT2D eigenvalue weighted by atomic mass is 16.6. The van der Waals surface area contributed by atoms with Crippen LogP contribution in [0.15, 0.2) is 0 Å².